The van der Waals surface area contributed by atoms with Crippen LogP contribution in [0.2, 0.25) is 0 Å². The summed E-state index contributed by atoms with van der Waals surface area (Å²) < 4.78 is 41.9. The van der Waals surface area contributed by atoms with Gasteiger partial charge in [-0.2, -0.15) is 13.2 Å². The van der Waals surface area contributed by atoms with E-state index in [0.29, 0.717) is 0 Å². The molecule has 0 saturated carbocycles. The van der Waals surface area contributed by atoms with Crippen molar-refractivity contribution in [1.82, 2.24) is 0 Å². The topological polar surface area (TPSA) is 32.8 Å². The quantitative estimate of drug-likeness (QED) is 0.733. The molecule has 2 atom stereocenters. The predicted octanol–water partition coefficient (Wildman–Crippen LogP) is 2.27. The minimum Gasteiger partial charge on any atom is -0.360 e. The summed E-state index contributed by atoms with van der Waals surface area (Å²) in [6.45, 7) is 1.60. The van der Waals surface area contributed by atoms with Crippen molar-refractivity contribution in [2.24, 2.45) is 0 Å². The Morgan fingerprint density at radius 2 is 2.00 bits per heavy atom. The van der Waals surface area contributed by atoms with Crippen molar-refractivity contribution in [2.45, 2.75) is 25.0 Å². The molecule has 1 aliphatic heterocycles. The molecule has 0 amide bonds. The third-order valence-corrected chi connectivity index (χ3v) is 2.45. The highest BCUT2D eigenvalue weighted by Gasteiger charge is 2.54. The molecule has 1 saturated heterocycles. The molecule has 0 radical (unpaired) electrons. The Morgan fingerprint density at radius 3 is 2.47 bits per heavy atom. The first-order chi connectivity index (χ1) is 6.84. The Labute approximate surface area is 84.3 Å². The molecule has 15 heavy (non-hydrogen) atoms. The van der Waals surface area contributed by atoms with Crippen molar-refractivity contribution in [3.05, 3.63) is 35.4 Å². The van der Waals surface area contributed by atoms with Crippen molar-refractivity contribution < 1.29 is 23.0 Å². The van der Waals surface area contributed by atoms with Crippen molar-refractivity contribution in [3.63, 3.8) is 0 Å². The monoisotopic (exact) mass is 218 g/mol. The molecule has 1 aromatic carbocycles. The van der Waals surface area contributed by atoms with Crippen LogP contribution in [0.5, 0.6) is 0 Å². The molecular formula is C10H9F3O2. The van der Waals surface area contributed by atoms with Gasteiger partial charge in [0.2, 0.25) is 5.79 Å². The molecule has 2 nitrogen and oxygen atoms in total. The van der Waals surface area contributed by atoms with Crippen molar-refractivity contribution in [2.75, 3.05) is 0 Å². The molecule has 0 bridgehead atoms. The molecule has 2 unspecified atom stereocenters. The van der Waals surface area contributed by atoms with E-state index in [2.05, 4.69) is 0 Å². The predicted molar refractivity (Wildman–Crippen MR) is 45.9 cm³/mol. The van der Waals surface area contributed by atoms with Crippen molar-refractivity contribution in [1.29, 1.82) is 0 Å². The summed E-state index contributed by atoms with van der Waals surface area (Å²) in [5.74, 6) is -1.54. The fourth-order valence-electron chi connectivity index (χ4n) is 1.46. The molecule has 1 fully saturated rings. The Balaban J connectivity index is 2.36. The van der Waals surface area contributed by atoms with Crippen LogP contribution in [-0.4, -0.2) is 11.2 Å². The number of rotatable bonds is 1. The van der Waals surface area contributed by atoms with Crippen LogP contribution in [0.3, 0.4) is 0 Å². The Hall–Kier alpha value is -1.07. The maximum Gasteiger partial charge on any atom is 0.416 e. The Bertz CT molecular complexity index is 388. The number of halogens is 3. The van der Waals surface area contributed by atoms with E-state index in [1.165, 1.54) is 12.1 Å². The summed E-state index contributed by atoms with van der Waals surface area (Å²) >= 11 is 0. The second-order valence-electron chi connectivity index (χ2n) is 3.54. The van der Waals surface area contributed by atoms with Gasteiger partial charge in [-0.3, -0.25) is 0 Å². The Kier molecular flexibility index (Phi) is 2.06. The molecule has 0 aliphatic carbocycles. The molecule has 1 aromatic rings. The minimum absolute atomic E-state index is 0.143. The highest BCUT2D eigenvalue weighted by Crippen LogP contribution is 2.44. The number of ether oxygens (including phenoxy) is 1. The molecule has 2 rings (SSSR count). The SMILES string of the molecule is CC1OC1(O)c1cccc(C(F)(F)F)c1. The largest absolute Gasteiger partial charge is 0.416 e. The van der Waals surface area contributed by atoms with Crippen LogP contribution in [0, 0.1) is 0 Å². The molecule has 5 heteroatoms. The summed E-state index contributed by atoms with van der Waals surface area (Å²) in [4.78, 5) is 0. The minimum atomic E-state index is -4.40. The maximum atomic E-state index is 12.4. The van der Waals surface area contributed by atoms with Gasteiger partial charge in [-0.1, -0.05) is 12.1 Å². The Morgan fingerprint density at radius 1 is 1.40 bits per heavy atom. The van der Waals surface area contributed by atoms with Gasteiger partial charge >= 0.3 is 6.18 Å². The van der Waals surface area contributed by atoms with Crippen LogP contribution in [-0.2, 0) is 16.7 Å². The third-order valence-electron chi connectivity index (χ3n) is 2.45. The van der Waals surface area contributed by atoms with E-state index in [-0.39, 0.29) is 5.56 Å². The molecule has 0 spiro atoms. The highest BCUT2D eigenvalue weighted by atomic mass is 19.4. The van der Waals surface area contributed by atoms with E-state index in [1.807, 2.05) is 0 Å². The molecule has 1 heterocycles. The zero-order valence-electron chi connectivity index (χ0n) is 7.88. The first kappa shape index (κ1) is 10.4. The first-order valence-electron chi connectivity index (χ1n) is 4.42. The zero-order chi connectivity index (χ0) is 11.3. The van der Waals surface area contributed by atoms with Crippen LogP contribution in [0.4, 0.5) is 13.2 Å². The smallest absolute Gasteiger partial charge is 0.360 e. The van der Waals surface area contributed by atoms with Gasteiger partial charge in [0.15, 0.2) is 0 Å². The standard InChI is InChI=1S/C10H9F3O2/c1-6-9(14,15-6)7-3-2-4-8(5-7)10(11,12)13/h2-6,14H,1H3. The van der Waals surface area contributed by atoms with E-state index in [0.717, 1.165) is 12.1 Å². The molecule has 0 aromatic heterocycles. The van der Waals surface area contributed by atoms with E-state index >= 15 is 0 Å². The first-order valence-corrected chi connectivity index (χ1v) is 4.42. The van der Waals surface area contributed by atoms with Gasteiger partial charge in [-0.15, -0.1) is 0 Å². The van der Waals surface area contributed by atoms with Crippen LogP contribution in [0.1, 0.15) is 18.1 Å². The van der Waals surface area contributed by atoms with E-state index in [4.69, 9.17) is 4.74 Å². The van der Waals surface area contributed by atoms with E-state index in [9.17, 15) is 18.3 Å². The van der Waals surface area contributed by atoms with Gasteiger partial charge in [0.05, 0.1) is 5.56 Å². The number of hydrogen-bond acceptors (Lipinski definition) is 2. The number of aliphatic hydroxyl groups is 1. The van der Waals surface area contributed by atoms with Gasteiger partial charge in [-0.05, 0) is 19.1 Å². The fourth-order valence-corrected chi connectivity index (χ4v) is 1.46. The van der Waals surface area contributed by atoms with Crippen LogP contribution in [0.15, 0.2) is 24.3 Å². The second-order valence-corrected chi connectivity index (χ2v) is 3.54. The lowest BCUT2D eigenvalue weighted by Gasteiger charge is -2.10. The van der Waals surface area contributed by atoms with Gasteiger partial charge in [0, 0.05) is 5.56 Å². The molecular weight excluding hydrogens is 209 g/mol. The average Bonchev–Trinajstić information content (AvgIpc) is 2.75. The van der Waals surface area contributed by atoms with Crippen LogP contribution < -0.4 is 0 Å². The van der Waals surface area contributed by atoms with Crippen LogP contribution >= 0.6 is 0 Å². The fraction of sp³-hybridized carbons (Fsp3) is 0.400. The summed E-state index contributed by atoms with van der Waals surface area (Å²) in [5.41, 5.74) is -0.638. The zero-order valence-corrected chi connectivity index (χ0v) is 7.88. The van der Waals surface area contributed by atoms with Crippen molar-refractivity contribution >= 4 is 0 Å². The number of epoxide rings is 1. The maximum absolute atomic E-state index is 12.4. The lowest BCUT2D eigenvalue weighted by atomic mass is 10.0. The van der Waals surface area contributed by atoms with Gasteiger partial charge in [-0.25, -0.2) is 0 Å². The lowest BCUT2D eigenvalue weighted by molar-refractivity contribution is -0.137. The van der Waals surface area contributed by atoms with Gasteiger partial charge in [0.25, 0.3) is 0 Å². The summed E-state index contributed by atoms with van der Waals surface area (Å²) in [6, 6.07) is 4.53. The molecule has 82 valence electrons. The number of hydrogen-bond donors (Lipinski definition) is 1. The second kappa shape index (κ2) is 2.96. The van der Waals surface area contributed by atoms with Crippen LogP contribution in [0.25, 0.3) is 0 Å². The summed E-state index contributed by atoms with van der Waals surface area (Å²) in [5, 5.41) is 9.67. The van der Waals surface area contributed by atoms with Gasteiger partial charge in [0.1, 0.15) is 6.10 Å². The summed E-state index contributed by atoms with van der Waals surface area (Å²) in [6.07, 6.45) is -4.86. The third kappa shape index (κ3) is 1.72. The van der Waals surface area contributed by atoms with E-state index in [1.54, 1.807) is 6.92 Å². The highest BCUT2D eigenvalue weighted by molar-refractivity contribution is 5.31. The number of alkyl halides is 3. The summed E-state index contributed by atoms with van der Waals surface area (Å²) in [7, 11) is 0. The van der Waals surface area contributed by atoms with Crippen molar-refractivity contribution in [3.8, 4) is 0 Å². The normalized spacial score (nSPS) is 30.3. The number of benzene rings is 1. The van der Waals surface area contributed by atoms with E-state index < -0.39 is 23.6 Å². The molecule has 1 N–H and O–H groups in total. The average molecular weight is 218 g/mol. The van der Waals surface area contributed by atoms with Gasteiger partial charge < -0.3 is 9.84 Å². The lowest BCUT2D eigenvalue weighted by Crippen LogP contribution is -2.12. The molecule has 1 aliphatic rings.